The minimum atomic E-state index is 0.0368. The van der Waals surface area contributed by atoms with Crippen molar-refractivity contribution in [3.63, 3.8) is 0 Å². The molecule has 0 bridgehead atoms. The summed E-state index contributed by atoms with van der Waals surface area (Å²) >= 11 is 0. The lowest BCUT2D eigenvalue weighted by atomic mass is 9.96. The van der Waals surface area contributed by atoms with Crippen molar-refractivity contribution in [1.29, 1.82) is 5.26 Å². The molecule has 1 atom stereocenters. The van der Waals surface area contributed by atoms with Crippen LogP contribution in [-0.2, 0) is 13.0 Å². The summed E-state index contributed by atoms with van der Waals surface area (Å²) in [7, 11) is 0. The van der Waals surface area contributed by atoms with E-state index >= 15 is 0 Å². The predicted molar refractivity (Wildman–Crippen MR) is 96.6 cm³/mol. The van der Waals surface area contributed by atoms with Crippen molar-refractivity contribution in [2.24, 2.45) is 0 Å². The molecular weight excluding hydrogens is 326 g/mol. The lowest BCUT2D eigenvalue weighted by molar-refractivity contribution is 0.0703. The van der Waals surface area contributed by atoms with Gasteiger partial charge in [0.1, 0.15) is 11.6 Å². The minimum Gasteiger partial charge on any atom is -0.338 e. The molecule has 0 spiro atoms. The van der Waals surface area contributed by atoms with Gasteiger partial charge in [0.2, 0.25) is 0 Å². The van der Waals surface area contributed by atoms with E-state index in [2.05, 4.69) is 20.8 Å². The van der Waals surface area contributed by atoms with Crippen LogP contribution in [0.5, 0.6) is 0 Å². The van der Waals surface area contributed by atoms with Crippen LogP contribution < -0.4 is 0 Å². The second kappa shape index (κ2) is 7.28. The van der Waals surface area contributed by atoms with Crippen LogP contribution in [0.3, 0.4) is 0 Å². The summed E-state index contributed by atoms with van der Waals surface area (Å²) < 4.78 is 2.30. The third kappa shape index (κ3) is 3.22. The Morgan fingerprint density at radius 2 is 1.92 bits per heavy atom. The highest BCUT2D eigenvalue weighted by molar-refractivity contribution is 5.94. The summed E-state index contributed by atoms with van der Waals surface area (Å²) in [6.45, 7) is 2.46. The van der Waals surface area contributed by atoms with E-state index in [1.165, 1.54) is 19.3 Å². The molecule has 1 fully saturated rings. The zero-order valence-electron chi connectivity index (χ0n) is 14.9. The van der Waals surface area contributed by atoms with Crippen molar-refractivity contribution >= 4 is 5.91 Å². The fourth-order valence-electron chi connectivity index (χ4n) is 4.05. The van der Waals surface area contributed by atoms with Crippen molar-refractivity contribution in [2.75, 3.05) is 13.1 Å². The summed E-state index contributed by atoms with van der Waals surface area (Å²) in [6, 6.07) is 8.98. The van der Waals surface area contributed by atoms with E-state index in [-0.39, 0.29) is 11.8 Å². The number of hydrogen-bond acceptors (Lipinski definition) is 4. The second-order valence-electron chi connectivity index (χ2n) is 7.22. The number of carbonyl (C=O) groups excluding carboxylic acids is 1. The number of fused-ring (bicyclic) bond motifs is 1. The Labute approximate surface area is 153 Å². The normalized spacial score (nSPS) is 20.1. The van der Waals surface area contributed by atoms with Crippen molar-refractivity contribution in [2.45, 2.75) is 51.0 Å². The van der Waals surface area contributed by atoms with Crippen LogP contribution in [0.1, 0.15) is 65.6 Å². The van der Waals surface area contributed by atoms with Crippen LogP contribution in [0.25, 0.3) is 0 Å². The Balaban J connectivity index is 1.51. The van der Waals surface area contributed by atoms with Crippen molar-refractivity contribution in [3.05, 3.63) is 47.0 Å². The Bertz CT molecular complexity index is 833. The molecule has 6 heteroatoms. The van der Waals surface area contributed by atoms with E-state index in [1.807, 2.05) is 4.90 Å². The Morgan fingerprint density at radius 1 is 1.08 bits per heavy atom. The van der Waals surface area contributed by atoms with Gasteiger partial charge in [-0.15, -0.1) is 10.2 Å². The molecule has 4 rings (SSSR count). The Hall–Kier alpha value is -2.68. The van der Waals surface area contributed by atoms with Crippen molar-refractivity contribution < 1.29 is 4.79 Å². The third-order valence-corrected chi connectivity index (χ3v) is 5.47. The monoisotopic (exact) mass is 349 g/mol. The van der Waals surface area contributed by atoms with E-state index in [1.54, 1.807) is 24.3 Å². The van der Waals surface area contributed by atoms with E-state index in [9.17, 15) is 4.79 Å². The highest BCUT2D eigenvalue weighted by atomic mass is 16.2. The van der Waals surface area contributed by atoms with Crippen molar-refractivity contribution in [1.82, 2.24) is 19.7 Å². The van der Waals surface area contributed by atoms with E-state index in [4.69, 9.17) is 5.26 Å². The average molecular weight is 349 g/mol. The molecular formula is C20H23N5O. The van der Waals surface area contributed by atoms with Gasteiger partial charge in [-0.25, -0.2) is 0 Å². The van der Waals surface area contributed by atoms with Gasteiger partial charge in [-0.05, 0) is 49.9 Å². The highest BCUT2D eigenvalue weighted by Crippen LogP contribution is 2.28. The molecule has 26 heavy (non-hydrogen) atoms. The number of hydrogen-bond donors (Lipinski definition) is 0. The first-order chi connectivity index (χ1) is 12.8. The first-order valence-electron chi connectivity index (χ1n) is 9.47. The smallest absolute Gasteiger partial charge is 0.253 e. The fourth-order valence-corrected chi connectivity index (χ4v) is 4.05. The summed E-state index contributed by atoms with van der Waals surface area (Å²) in [5.41, 5.74) is 1.22. The van der Waals surface area contributed by atoms with Gasteiger partial charge in [-0.3, -0.25) is 4.79 Å². The first kappa shape index (κ1) is 16.8. The van der Waals surface area contributed by atoms with Crippen LogP contribution in [0, 0.1) is 11.3 Å². The molecule has 0 aliphatic carbocycles. The molecule has 1 aromatic heterocycles. The van der Waals surface area contributed by atoms with Gasteiger partial charge in [0, 0.05) is 37.5 Å². The van der Waals surface area contributed by atoms with Gasteiger partial charge < -0.3 is 9.47 Å². The van der Waals surface area contributed by atoms with Gasteiger partial charge in [0.05, 0.1) is 11.6 Å². The number of nitrogens with zero attached hydrogens (tertiary/aromatic N) is 5. The SMILES string of the molecule is N#Cc1ccc(C(=O)N2CCCC(c3nnc4n3CCCCC4)C2)cc1. The number of carbonyl (C=O) groups is 1. The number of aryl methyl sites for hydroxylation is 1. The van der Waals surface area contributed by atoms with Crippen molar-refractivity contribution in [3.8, 4) is 6.07 Å². The molecule has 1 unspecified atom stereocenters. The van der Waals surface area contributed by atoms with E-state index < -0.39 is 0 Å². The first-order valence-corrected chi connectivity index (χ1v) is 9.47. The van der Waals surface area contributed by atoms with Crippen LogP contribution in [0.4, 0.5) is 0 Å². The largest absolute Gasteiger partial charge is 0.338 e. The zero-order chi connectivity index (χ0) is 17.9. The molecule has 0 N–H and O–H groups in total. The molecule has 0 saturated carbocycles. The Kier molecular flexibility index (Phi) is 4.70. The predicted octanol–water partition coefficient (Wildman–Crippen LogP) is 2.90. The molecule has 134 valence electrons. The number of likely N-dealkylation sites (tertiary alicyclic amines) is 1. The number of rotatable bonds is 2. The van der Waals surface area contributed by atoms with Crippen LogP contribution >= 0.6 is 0 Å². The molecule has 3 heterocycles. The van der Waals surface area contributed by atoms with Gasteiger partial charge in [0.25, 0.3) is 5.91 Å². The number of amides is 1. The summed E-state index contributed by atoms with van der Waals surface area (Å²) in [5, 5.41) is 17.8. The summed E-state index contributed by atoms with van der Waals surface area (Å²) in [6.07, 6.45) is 6.65. The lowest BCUT2D eigenvalue weighted by Crippen LogP contribution is -2.39. The molecule has 2 aliphatic heterocycles. The minimum absolute atomic E-state index is 0.0368. The van der Waals surface area contributed by atoms with Crippen LogP contribution in [0.15, 0.2) is 24.3 Å². The molecule has 2 aliphatic rings. The highest BCUT2D eigenvalue weighted by Gasteiger charge is 2.29. The fraction of sp³-hybridized carbons (Fsp3) is 0.500. The van der Waals surface area contributed by atoms with Gasteiger partial charge in [-0.2, -0.15) is 5.26 Å². The molecule has 2 aromatic rings. The van der Waals surface area contributed by atoms with Crippen LogP contribution in [-0.4, -0.2) is 38.7 Å². The molecule has 0 radical (unpaired) electrons. The third-order valence-electron chi connectivity index (χ3n) is 5.47. The average Bonchev–Trinajstić information content (AvgIpc) is 2.96. The lowest BCUT2D eigenvalue weighted by Gasteiger charge is -2.32. The van der Waals surface area contributed by atoms with Gasteiger partial charge in [-0.1, -0.05) is 6.42 Å². The van der Waals surface area contributed by atoms with E-state index in [0.717, 1.165) is 44.0 Å². The topological polar surface area (TPSA) is 74.8 Å². The molecule has 6 nitrogen and oxygen atoms in total. The quantitative estimate of drug-likeness (QED) is 0.835. The second-order valence-corrected chi connectivity index (χ2v) is 7.22. The van der Waals surface area contributed by atoms with Crippen LogP contribution in [0.2, 0.25) is 0 Å². The number of benzene rings is 1. The number of aromatic nitrogens is 3. The summed E-state index contributed by atoms with van der Waals surface area (Å²) in [4.78, 5) is 14.8. The number of nitriles is 1. The summed E-state index contributed by atoms with van der Waals surface area (Å²) in [5.74, 6) is 2.45. The Morgan fingerprint density at radius 3 is 2.73 bits per heavy atom. The maximum atomic E-state index is 12.9. The van der Waals surface area contributed by atoms with E-state index in [0.29, 0.717) is 17.7 Å². The standard InChI is InChI=1S/C20H23N5O/c21-13-15-7-9-16(10-8-15)20(26)24-11-4-5-17(14-24)19-23-22-18-6-2-1-3-12-25(18)19/h7-10,17H,1-6,11-12,14H2. The van der Waals surface area contributed by atoms with Gasteiger partial charge in [0.15, 0.2) is 0 Å². The molecule has 1 amide bonds. The maximum Gasteiger partial charge on any atom is 0.253 e. The molecule has 1 saturated heterocycles. The zero-order valence-corrected chi connectivity index (χ0v) is 14.9. The number of piperidine rings is 1. The maximum absolute atomic E-state index is 12.9. The van der Waals surface area contributed by atoms with Gasteiger partial charge >= 0.3 is 0 Å². The molecule has 1 aromatic carbocycles.